The molecular weight excluding hydrogens is 242 g/mol. The van der Waals surface area contributed by atoms with Gasteiger partial charge in [-0.05, 0) is 6.42 Å². The van der Waals surface area contributed by atoms with Gasteiger partial charge in [0.2, 0.25) is 0 Å². The first-order valence-electron chi connectivity index (χ1n) is 5.21. The molecule has 18 heavy (non-hydrogen) atoms. The maximum absolute atomic E-state index is 11.8. The molecule has 8 nitrogen and oxygen atoms in total. The highest BCUT2D eigenvalue weighted by molar-refractivity contribution is 5.95. The van der Waals surface area contributed by atoms with Crippen LogP contribution in [0, 0.1) is 10.1 Å². The molecule has 2 N–H and O–H groups in total. The van der Waals surface area contributed by atoms with Crippen LogP contribution in [0.15, 0.2) is 12.3 Å². The minimum atomic E-state index is -1.14. The summed E-state index contributed by atoms with van der Waals surface area (Å²) in [5.74, 6) is -1.80. The number of carbonyl (C=O) groups is 2. The number of amides is 1. The lowest BCUT2D eigenvalue weighted by atomic mass is 10.2. The Hall–Kier alpha value is -2.38. The number of nitro groups is 1. The molecule has 0 aliphatic heterocycles. The standard InChI is InChI=1S/C10H13N3O5/c1-3-7(10(15)16)11-9(14)8-4-6(13(17)18)5-12(8)2/h4-5,7H,3H2,1-2H3,(H,11,14)(H,15,16)/t7-/m1/s1. The molecular formula is C10H13N3O5. The summed E-state index contributed by atoms with van der Waals surface area (Å²) in [7, 11) is 1.48. The fraction of sp³-hybridized carbons (Fsp3) is 0.400. The molecule has 1 rings (SSSR count). The Bertz CT molecular complexity index is 494. The Kier molecular flexibility index (Phi) is 4.03. The number of aromatic nitrogens is 1. The Morgan fingerprint density at radius 2 is 2.22 bits per heavy atom. The molecule has 0 aliphatic rings. The number of aliphatic carboxylic acids is 1. The normalized spacial score (nSPS) is 11.9. The van der Waals surface area contributed by atoms with Crippen LogP contribution in [0.1, 0.15) is 23.8 Å². The van der Waals surface area contributed by atoms with E-state index in [9.17, 15) is 19.7 Å². The molecule has 0 fully saturated rings. The predicted octanol–water partition coefficient (Wildman–Crippen LogP) is 0.526. The van der Waals surface area contributed by atoms with Crippen molar-refractivity contribution in [3.05, 3.63) is 28.1 Å². The largest absolute Gasteiger partial charge is 0.480 e. The smallest absolute Gasteiger partial charge is 0.326 e. The van der Waals surface area contributed by atoms with Gasteiger partial charge in [-0.25, -0.2) is 4.79 Å². The molecule has 0 radical (unpaired) electrons. The molecule has 0 aliphatic carbocycles. The number of nitrogens with zero attached hydrogens (tertiary/aromatic N) is 2. The topological polar surface area (TPSA) is 114 Å². The minimum absolute atomic E-state index is 0.0430. The van der Waals surface area contributed by atoms with Crippen LogP contribution in [0.5, 0.6) is 0 Å². The van der Waals surface area contributed by atoms with Crippen LogP contribution in [-0.2, 0) is 11.8 Å². The van der Waals surface area contributed by atoms with Crippen LogP contribution in [0.4, 0.5) is 5.69 Å². The van der Waals surface area contributed by atoms with E-state index in [0.717, 1.165) is 6.07 Å². The van der Waals surface area contributed by atoms with Gasteiger partial charge in [-0.1, -0.05) is 6.92 Å². The van der Waals surface area contributed by atoms with Crippen LogP contribution in [0.3, 0.4) is 0 Å². The monoisotopic (exact) mass is 255 g/mol. The highest BCUT2D eigenvalue weighted by atomic mass is 16.6. The predicted molar refractivity (Wildman–Crippen MR) is 61.2 cm³/mol. The molecule has 0 unspecified atom stereocenters. The summed E-state index contributed by atoms with van der Waals surface area (Å²) >= 11 is 0. The Morgan fingerprint density at radius 1 is 1.61 bits per heavy atom. The summed E-state index contributed by atoms with van der Waals surface area (Å²) in [6, 6.07) is 0.0932. The summed E-state index contributed by atoms with van der Waals surface area (Å²) in [6.07, 6.45) is 1.42. The van der Waals surface area contributed by atoms with E-state index in [4.69, 9.17) is 5.11 Å². The second-order valence-corrected chi connectivity index (χ2v) is 3.72. The van der Waals surface area contributed by atoms with Gasteiger partial charge in [0.25, 0.3) is 11.6 Å². The van der Waals surface area contributed by atoms with Crippen LogP contribution in [0.25, 0.3) is 0 Å². The first-order valence-corrected chi connectivity index (χ1v) is 5.21. The number of carboxylic acids is 1. The van der Waals surface area contributed by atoms with E-state index >= 15 is 0 Å². The quantitative estimate of drug-likeness (QED) is 0.588. The van der Waals surface area contributed by atoms with E-state index in [0.29, 0.717) is 0 Å². The SMILES string of the molecule is CC[C@@H](NC(=O)c1cc([N+](=O)[O-])cn1C)C(=O)O. The zero-order valence-electron chi connectivity index (χ0n) is 9.91. The summed E-state index contributed by atoms with van der Waals surface area (Å²) in [5.41, 5.74) is -0.174. The third-order valence-corrected chi connectivity index (χ3v) is 2.45. The van der Waals surface area contributed by atoms with E-state index in [1.165, 1.54) is 17.8 Å². The van der Waals surface area contributed by atoms with E-state index in [1.54, 1.807) is 6.92 Å². The van der Waals surface area contributed by atoms with E-state index in [-0.39, 0.29) is 17.8 Å². The van der Waals surface area contributed by atoms with Gasteiger partial charge in [0.15, 0.2) is 0 Å². The van der Waals surface area contributed by atoms with Gasteiger partial charge in [-0.15, -0.1) is 0 Å². The molecule has 0 bridgehead atoms. The van der Waals surface area contributed by atoms with Crippen molar-refractivity contribution < 1.29 is 19.6 Å². The van der Waals surface area contributed by atoms with Gasteiger partial charge in [0.1, 0.15) is 11.7 Å². The van der Waals surface area contributed by atoms with Crippen molar-refractivity contribution in [3.8, 4) is 0 Å². The molecule has 1 aromatic rings. The molecule has 0 saturated carbocycles. The maximum atomic E-state index is 11.8. The summed E-state index contributed by atoms with van der Waals surface area (Å²) in [6.45, 7) is 1.62. The van der Waals surface area contributed by atoms with Gasteiger partial charge in [0.05, 0.1) is 11.1 Å². The Morgan fingerprint density at radius 3 is 2.61 bits per heavy atom. The molecule has 1 aromatic heterocycles. The zero-order chi connectivity index (χ0) is 13.9. The fourth-order valence-corrected chi connectivity index (χ4v) is 1.44. The van der Waals surface area contributed by atoms with Crippen molar-refractivity contribution >= 4 is 17.6 Å². The van der Waals surface area contributed by atoms with Crippen molar-refractivity contribution in [3.63, 3.8) is 0 Å². The maximum Gasteiger partial charge on any atom is 0.326 e. The Labute approximate surface area is 102 Å². The first-order chi connectivity index (χ1) is 8.36. The van der Waals surface area contributed by atoms with Gasteiger partial charge in [0, 0.05) is 13.1 Å². The van der Waals surface area contributed by atoms with Gasteiger partial charge in [-0.2, -0.15) is 0 Å². The highest BCUT2D eigenvalue weighted by Gasteiger charge is 2.22. The second kappa shape index (κ2) is 5.30. The van der Waals surface area contributed by atoms with Crippen molar-refractivity contribution in [2.75, 3.05) is 0 Å². The molecule has 1 atom stereocenters. The lowest BCUT2D eigenvalue weighted by molar-refractivity contribution is -0.384. The zero-order valence-corrected chi connectivity index (χ0v) is 9.91. The molecule has 0 spiro atoms. The van der Waals surface area contributed by atoms with E-state index in [2.05, 4.69) is 5.32 Å². The van der Waals surface area contributed by atoms with Crippen molar-refractivity contribution in [2.24, 2.45) is 7.05 Å². The summed E-state index contributed by atoms with van der Waals surface area (Å²) < 4.78 is 1.28. The van der Waals surface area contributed by atoms with Crippen LogP contribution in [-0.4, -0.2) is 32.5 Å². The van der Waals surface area contributed by atoms with E-state index < -0.39 is 22.8 Å². The molecule has 1 amide bonds. The number of hydrogen-bond acceptors (Lipinski definition) is 4. The van der Waals surface area contributed by atoms with Crippen LogP contribution in [0.2, 0.25) is 0 Å². The third-order valence-electron chi connectivity index (χ3n) is 2.45. The average molecular weight is 255 g/mol. The number of rotatable bonds is 5. The first kappa shape index (κ1) is 13.7. The molecule has 0 saturated heterocycles. The van der Waals surface area contributed by atoms with Crippen LogP contribution < -0.4 is 5.32 Å². The molecule has 1 heterocycles. The summed E-state index contributed by atoms with van der Waals surface area (Å²) in [4.78, 5) is 32.4. The molecule has 0 aromatic carbocycles. The fourth-order valence-electron chi connectivity index (χ4n) is 1.44. The van der Waals surface area contributed by atoms with Gasteiger partial charge < -0.3 is 15.0 Å². The number of nitrogens with one attached hydrogen (secondary N) is 1. The lowest BCUT2D eigenvalue weighted by Crippen LogP contribution is -2.40. The minimum Gasteiger partial charge on any atom is -0.480 e. The van der Waals surface area contributed by atoms with Crippen LogP contribution >= 0.6 is 0 Å². The lowest BCUT2D eigenvalue weighted by Gasteiger charge is -2.12. The number of hydrogen-bond donors (Lipinski definition) is 2. The summed E-state index contributed by atoms with van der Waals surface area (Å²) in [5, 5.41) is 21.6. The molecule has 98 valence electrons. The van der Waals surface area contributed by atoms with Gasteiger partial charge >= 0.3 is 5.97 Å². The highest BCUT2D eigenvalue weighted by Crippen LogP contribution is 2.15. The number of carbonyl (C=O) groups excluding carboxylic acids is 1. The third kappa shape index (κ3) is 2.84. The molecule has 8 heteroatoms. The average Bonchev–Trinajstić information content (AvgIpc) is 2.67. The van der Waals surface area contributed by atoms with Crippen molar-refractivity contribution in [1.29, 1.82) is 0 Å². The van der Waals surface area contributed by atoms with Crippen molar-refractivity contribution in [2.45, 2.75) is 19.4 Å². The second-order valence-electron chi connectivity index (χ2n) is 3.72. The number of carboxylic acid groups (broad SMARTS) is 1. The van der Waals surface area contributed by atoms with Gasteiger partial charge in [-0.3, -0.25) is 14.9 Å². The van der Waals surface area contributed by atoms with Crippen molar-refractivity contribution in [1.82, 2.24) is 9.88 Å². The van der Waals surface area contributed by atoms with E-state index in [1.807, 2.05) is 0 Å². The number of aryl methyl sites for hydroxylation is 1. The Balaban J connectivity index is 2.90.